The molecule has 3 heteroatoms. The fourth-order valence-electron chi connectivity index (χ4n) is 4.13. The number of rotatable bonds is 5. The number of carbonyl (C=O) groups is 1. The topological polar surface area (TPSA) is 32.3 Å². The zero-order valence-corrected chi connectivity index (χ0v) is 15.5. The van der Waals surface area contributed by atoms with Crippen LogP contribution in [0.1, 0.15) is 52.7 Å². The Morgan fingerprint density at radius 3 is 2.38 bits per heavy atom. The van der Waals surface area contributed by atoms with Crippen molar-refractivity contribution in [3.05, 3.63) is 64.7 Å². The van der Waals surface area contributed by atoms with Crippen LogP contribution >= 0.6 is 0 Å². The van der Waals surface area contributed by atoms with E-state index in [1.54, 1.807) is 0 Å². The van der Waals surface area contributed by atoms with Gasteiger partial charge in [0.2, 0.25) is 0 Å². The number of nitrogens with one attached hydrogen (secondary N) is 1. The van der Waals surface area contributed by atoms with Gasteiger partial charge in [0.25, 0.3) is 5.91 Å². The first-order valence-electron chi connectivity index (χ1n) is 10.0. The van der Waals surface area contributed by atoms with Gasteiger partial charge < -0.3 is 10.2 Å². The predicted octanol–water partition coefficient (Wildman–Crippen LogP) is 4.46. The van der Waals surface area contributed by atoms with Crippen LogP contribution in [0.4, 0.5) is 5.69 Å². The zero-order valence-electron chi connectivity index (χ0n) is 15.5. The number of aryl methyl sites for hydroxylation is 2. The Bertz CT molecular complexity index is 760. The second-order valence-electron chi connectivity index (χ2n) is 7.64. The van der Waals surface area contributed by atoms with Gasteiger partial charge in [-0.15, -0.1) is 0 Å². The van der Waals surface area contributed by atoms with E-state index in [2.05, 4.69) is 34.5 Å². The third-order valence-corrected chi connectivity index (χ3v) is 5.74. The summed E-state index contributed by atoms with van der Waals surface area (Å²) in [6.07, 6.45) is 8.51. The molecule has 3 nitrogen and oxygen atoms in total. The Morgan fingerprint density at radius 2 is 1.62 bits per heavy atom. The summed E-state index contributed by atoms with van der Waals surface area (Å²) in [5.41, 5.74) is 5.74. The molecule has 1 heterocycles. The highest BCUT2D eigenvalue weighted by Crippen LogP contribution is 2.23. The molecule has 0 bridgehead atoms. The number of benzene rings is 2. The van der Waals surface area contributed by atoms with E-state index in [-0.39, 0.29) is 5.91 Å². The fourth-order valence-corrected chi connectivity index (χ4v) is 4.13. The maximum atomic E-state index is 12.6. The first-order valence-corrected chi connectivity index (χ1v) is 10.0. The van der Waals surface area contributed by atoms with Crippen LogP contribution in [0.15, 0.2) is 42.5 Å². The minimum Gasteiger partial charge on any atom is -0.322 e. The lowest BCUT2D eigenvalue weighted by Gasteiger charge is -2.16. The monoisotopic (exact) mass is 348 g/mol. The van der Waals surface area contributed by atoms with Crippen molar-refractivity contribution in [2.24, 2.45) is 0 Å². The number of hydrogen-bond donors (Lipinski definition) is 1. The Labute approximate surface area is 156 Å². The summed E-state index contributed by atoms with van der Waals surface area (Å²) in [4.78, 5) is 15.1. The van der Waals surface area contributed by atoms with Gasteiger partial charge >= 0.3 is 0 Å². The van der Waals surface area contributed by atoms with Crippen LogP contribution < -0.4 is 5.32 Å². The van der Waals surface area contributed by atoms with Crippen LogP contribution in [-0.4, -0.2) is 30.4 Å². The van der Waals surface area contributed by atoms with Gasteiger partial charge in [-0.25, -0.2) is 0 Å². The highest BCUT2D eigenvalue weighted by molar-refractivity contribution is 6.04. The quantitative estimate of drug-likeness (QED) is 0.865. The second-order valence-corrected chi connectivity index (χ2v) is 7.64. The molecule has 2 aromatic rings. The standard InChI is InChI=1S/C23H28N2O/c26-23(21-10-9-19-5-1-2-6-20(19)17-21)24-22-11-7-18(8-12-22)13-16-25-14-3-4-15-25/h7-12,17H,1-6,13-16H2,(H,24,26). The number of likely N-dealkylation sites (tertiary alicyclic amines) is 1. The Morgan fingerprint density at radius 1 is 0.885 bits per heavy atom. The van der Waals surface area contributed by atoms with E-state index in [0.717, 1.165) is 37.1 Å². The molecule has 0 atom stereocenters. The minimum atomic E-state index is -0.0109. The van der Waals surface area contributed by atoms with Crippen LogP contribution in [0.3, 0.4) is 0 Å². The molecule has 1 saturated heterocycles. The van der Waals surface area contributed by atoms with Crippen LogP contribution in [0.5, 0.6) is 0 Å². The molecule has 0 radical (unpaired) electrons. The molecular formula is C23H28N2O. The molecule has 0 aromatic heterocycles. The van der Waals surface area contributed by atoms with E-state index >= 15 is 0 Å². The van der Waals surface area contributed by atoms with E-state index < -0.39 is 0 Å². The van der Waals surface area contributed by atoms with Gasteiger partial charge in [0.1, 0.15) is 0 Å². The fraction of sp³-hybridized carbons (Fsp3) is 0.435. The predicted molar refractivity (Wildman–Crippen MR) is 107 cm³/mol. The van der Waals surface area contributed by atoms with Gasteiger partial charge in [-0.3, -0.25) is 4.79 Å². The van der Waals surface area contributed by atoms with Gasteiger partial charge in [0.05, 0.1) is 0 Å². The number of hydrogen-bond acceptors (Lipinski definition) is 2. The first kappa shape index (κ1) is 17.3. The van der Waals surface area contributed by atoms with Crippen molar-refractivity contribution in [2.45, 2.75) is 44.9 Å². The van der Waals surface area contributed by atoms with Gasteiger partial charge in [-0.1, -0.05) is 18.2 Å². The zero-order chi connectivity index (χ0) is 17.8. The van der Waals surface area contributed by atoms with Gasteiger partial charge in [-0.05, 0) is 99.0 Å². The van der Waals surface area contributed by atoms with Crippen molar-refractivity contribution in [3.8, 4) is 0 Å². The lowest BCUT2D eigenvalue weighted by molar-refractivity contribution is 0.102. The Kier molecular flexibility index (Phi) is 5.35. The highest BCUT2D eigenvalue weighted by Gasteiger charge is 2.13. The summed E-state index contributed by atoms with van der Waals surface area (Å²) in [5, 5.41) is 3.04. The molecule has 0 saturated carbocycles. The van der Waals surface area contributed by atoms with Crippen LogP contribution in [-0.2, 0) is 19.3 Å². The van der Waals surface area contributed by atoms with E-state index in [0.29, 0.717) is 0 Å². The SMILES string of the molecule is O=C(Nc1ccc(CCN2CCCC2)cc1)c1ccc2c(c1)CCCC2. The normalized spacial score (nSPS) is 17.1. The summed E-state index contributed by atoms with van der Waals surface area (Å²) in [6.45, 7) is 3.63. The molecule has 1 aliphatic carbocycles. The van der Waals surface area contributed by atoms with Crippen molar-refractivity contribution in [3.63, 3.8) is 0 Å². The van der Waals surface area contributed by atoms with Crippen LogP contribution in [0.2, 0.25) is 0 Å². The maximum Gasteiger partial charge on any atom is 0.255 e. The summed E-state index contributed by atoms with van der Waals surface area (Å²) in [5.74, 6) is -0.0109. The lowest BCUT2D eigenvalue weighted by atomic mass is 9.90. The molecule has 1 fully saturated rings. The molecule has 4 rings (SSSR count). The number of fused-ring (bicyclic) bond motifs is 1. The Hall–Kier alpha value is -2.13. The number of carbonyl (C=O) groups excluding carboxylic acids is 1. The van der Waals surface area contributed by atoms with Gasteiger partial charge in [-0.2, -0.15) is 0 Å². The molecule has 26 heavy (non-hydrogen) atoms. The average Bonchev–Trinajstić information content (AvgIpc) is 3.21. The largest absolute Gasteiger partial charge is 0.322 e. The molecule has 1 aliphatic heterocycles. The number of anilines is 1. The summed E-state index contributed by atoms with van der Waals surface area (Å²) in [6, 6.07) is 14.5. The number of amides is 1. The molecule has 1 amide bonds. The van der Waals surface area contributed by atoms with Gasteiger partial charge in [0, 0.05) is 17.8 Å². The van der Waals surface area contributed by atoms with E-state index in [4.69, 9.17) is 0 Å². The molecule has 0 unspecified atom stereocenters. The molecule has 2 aliphatic rings. The smallest absolute Gasteiger partial charge is 0.255 e. The van der Waals surface area contributed by atoms with E-state index in [1.165, 1.54) is 55.5 Å². The van der Waals surface area contributed by atoms with Crippen molar-refractivity contribution < 1.29 is 4.79 Å². The summed E-state index contributed by atoms with van der Waals surface area (Å²) in [7, 11) is 0. The summed E-state index contributed by atoms with van der Waals surface area (Å²) >= 11 is 0. The first-order chi connectivity index (χ1) is 12.8. The third-order valence-electron chi connectivity index (χ3n) is 5.74. The highest BCUT2D eigenvalue weighted by atomic mass is 16.1. The van der Waals surface area contributed by atoms with Crippen LogP contribution in [0.25, 0.3) is 0 Å². The van der Waals surface area contributed by atoms with Crippen molar-refractivity contribution in [1.82, 2.24) is 4.90 Å². The van der Waals surface area contributed by atoms with Gasteiger partial charge in [0.15, 0.2) is 0 Å². The molecule has 2 aromatic carbocycles. The minimum absolute atomic E-state index is 0.0109. The summed E-state index contributed by atoms with van der Waals surface area (Å²) < 4.78 is 0. The van der Waals surface area contributed by atoms with Crippen molar-refractivity contribution >= 4 is 11.6 Å². The Balaban J connectivity index is 1.35. The maximum absolute atomic E-state index is 12.6. The van der Waals surface area contributed by atoms with E-state index in [9.17, 15) is 4.79 Å². The average molecular weight is 348 g/mol. The third kappa shape index (κ3) is 4.16. The molecular weight excluding hydrogens is 320 g/mol. The lowest BCUT2D eigenvalue weighted by Crippen LogP contribution is -2.21. The molecule has 1 N–H and O–H groups in total. The second kappa shape index (κ2) is 8.05. The van der Waals surface area contributed by atoms with E-state index in [1.807, 2.05) is 18.2 Å². The molecule has 0 spiro atoms. The number of nitrogens with zero attached hydrogens (tertiary/aromatic N) is 1. The van der Waals surface area contributed by atoms with Crippen molar-refractivity contribution in [1.29, 1.82) is 0 Å². The molecule has 136 valence electrons. The van der Waals surface area contributed by atoms with Crippen molar-refractivity contribution in [2.75, 3.05) is 25.0 Å². The van der Waals surface area contributed by atoms with Crippen LogP contribution in [0, 0.1) is 0 Å².